The number of aliphatic hydroxyl groups is 7. The van der Waals surface area contributed by atoms with E-state index >= 15 is 0 Å². The van der Waals surface area contributed by atoms with Gasteiger partial charge in [-0.3, -0.25) is 4.79 Å². The van der Waals surface area contributed by atoms with Crippen molar-refractivity contribution in [3.05, 3.63) is 0 Å². The summed E-state index contributed by atoms with van der Waals surface area (Å²) >= 11 is 0. The lowest BCUT2D eigenvalue weighted by molar-refractivity contribution is -0.367. The summed E-state index contributed by atoms with van der Waals surface area (Å²) in [5, 5.41) is 70.3. The Labute approximate surface area is 248 Å². The Kier molecular flexibility index (Phi) is 18.5. The number of hydrogen-bond donors (Lipinski definition) is 7. The zero-order valence-corrected chi connectivity index (χ0v) is 24.9. The number of carbonyl (C=O) groups is 1. The van der Waals surface area contributed by atoms with Crippen molar-refractivity contribution in [2.75, 3.05) is 26.9 Å². The lowest BCUT2D eigenvalue weighted by Gasteiger charge is -2.45. The zero-order chi connectivity index (χ0) is 30.9. The molecular formula is C29H54O13. The molecule has 2 aliphatic heterocycles. The maximum Gasteiger partial charge on any atom is 0.305 e. The highest BCUT2D eigenvalue weighted by atomic mass is 16.8. The normalized spacial score (nSPS) is 33.5. The molecule has 0 unspecified atom stereocenters. The van der Waals surface area contributed by atoms with Gasteiger partial charge in [0.1, 0.15) is 48.8 Å². The number of carbonyl (C=O) groups excluding carboxylic acids is 1. The van der Waals surface area contributed by atoms with Gasteiger partial charge in [-0.1, -0.05) is 70.6 Å². The van der Waals surface area contributed by atoms with Gasteiger partial charge in [-0.25, -0.2) is 0 Å². The first-order chi connectivity index (χ1) is 20.2. The van der Waals surface area contributed by atoms with Crippen LogP contribution in [0, 0.1) is 0 Å². The quantitative estimate of drug-likeness (QED) is 0.0689. The summed E-state index contributed by atoms with van der Waals surface area (Å²) in [6.07, 6.45) is 0.229. The van der Waals surface area contributed by atoms with E-state index in [1.165, 1.54) is 45.6 Å². The topological polar surface area (TPSA) is 205 Å². The molecule has 2 fully saturated rings. The smallest absolute Gasteiger partial charge is 0.305 e. The van der Waals surface area contributed by atoms with Gasteiger partial charge in [-0.2, -0.15) is 0 Å². The SMILES string of the molecule is COC(=O)CCCCCCCCCCCCCCCO[C@@H]1O[C@H](CO)[C@@H](O)[C@H](O)[C@H]1O[C@@H]1O[C@H](CO)[C@@H](O)[C@H](O)[C@H]1O. The summed E-state index contributed by atoms with van der Waals surface area (Å²) in [5.41, 5.74) is 0. The van der Waals surface area contributed by atoms with E-state index in [0.717, 1.165) is 38.5 Å². The molecule has 0 aliphatic carbocycles. The van der Waals surface area contributed by atoms with Crippen LogP contribution in [0.2, 0.25) is 0 Å². The fourth-order valence-electron chi connectivity index (χ4n) is 5.29. The Morgan fingerprint density at radius 2 is 1.05 bits per heavy atom. The second-order valence-corrected chi connectivity index (χ2v) is 11.3. The summed E-state index contributed by atoms with van der Waals surface area (Å²) in [6.45, 7) is -0.952. The first-order valence-corrected chi connectivity index (χ1v) is 15.5. The largest absolute Gasteiger partial charge is 0.469 e. The fraction of sp³-hybridized carbons (Fsp3) is 0.966. The number of methoxy groups -OCH3 is 1. The summed E-state index contributed by atoms with van der Waals surface area (Å²) in [7, 11) is 1.42. The number of aliphatic hydroxyl groups excluding tert-OH is 7. The van der Waals surface area contributed by atoms with Crippen LogP contribution >= 0.6 is 0 Å². The van der Waals surface area contributed by atoms with E-state index in [1.54, 1.807) is 0 Å². The summed E-state index contributed by atoms with van der Waals surface area (Å²) in [6, 6.07) is 0. The molecule has 0 saturated carbocycles. The number of ether oxygens (including phenoxy) is 5. The van der Waals surface area contributed by atoms with Gasteiger partial charge in [-0.05, 0) is 12.8 Å². The Balaban J connectivity index is 1.63. The third-order valence-electron chi connectivity index (χ3n) is 8.00. The molecule has 0 aromatic rings. The third kappa shape index (κ3) is 12.2. The molecule has 13 heteroatoms. The van der Waals surface area contributed by atoms with Crippen LogP contribution in [0.4, 0.5) is 0 Å². The molecule has 0 bridgehead atoms. The predicted molar refractivity (Wildman–Crippen MR) is 149 cm³/mol. The minimum absolute atomic E-state index is 0.133. The second-order valence-electron chi connectivity index (χ2n) is 11.3. The Morgan fingerprint density at radius 1 is 0.595 bits per heavy atom. The van der Waals surface area contributed by atoms with E-state index in [-0.39, 0.29) is 12.6 Å². The molecule has 0 radical (unpaired) electrons. The minimum atomic E-state index is -1.70. The minimum Gasteiger partial charge on any atom is -0.469 e. The molecule has 7 N–H and O–H groups in total. The van der Waals surface area contributed by atoms with Gasteiger partial charge in [0.25, 0.3) is 0 Å². The van der Waals surface area contributed by atoms with Crippen molar-refractivity contribution in [2.45, 2.75) is 151 Å². The first kappa shape index (κ1) is 37.2. The van der Waals surface area contributed by atoms with Gasteiger partial charge in [-0.15, -0.1) is 0 Å². The summed E-state index contributed by atoms with van der Waals surface area (Å²) < 4.78 is 27.1. The Morgan fingerprint density at radius 3 is 1.55 bits per heavy atom. The molecule has 248 valence electrons. The van der Waals surface area contributed by atoms with Gasteiger partial charge in [0.2, 0.25) is 0 Å². The van der Waals surface area contributed by atoms with Gasteiger partial charge in [0.15, 0.2) is 12.6 Å². The molecular weight excluding hydrogens is 556 g/mol. The first-order valence-electron chi connectivity index (χ1n) is 15.5. The lowest BCUT2D eigenvalue weighted by atomic mass is 9.97. The molecule has 0 amide bonds. The van der Waals surface area contributed by atoms with E-state index in [1.807, 2.05) is 0 Å². The fourth-order valence-corrected chi connectivity index (χ4v) is 5.29. The maximum absolute atomic E-state index is 11.1. The maximum atomic E-state index is 11.1. The van der Waals surface area contributed by atoms with Gasteiger partial charge >= 0.3 is 5.97 Å². The van der Waals surface area contributed by atoms with Crippen LogP contribution in [0.25, 0.3) is 0 Å². The van der Waals surface area contributed by atoms with E-state index < -0.39 is 74.6 Å². The highest BCUT2D eigenvalue weighted by molar-refractivity contribution is 5.68. The Hall–Kier alpha value is -0.970. The highest BCUT2D eigenvalue weighted by Crippen LogP contribution is 2.30. The second kappa shape index (κ2) is 20.9. The molecule has 2 rings (SSSR count). The van der Waals surface area contributed by atoms with Crippen molar-refractivity contribution in [1.29, 1.82) is 0 Å². The molecule has 2 heterocycles. The van der Waals surface area contributed by atoms with Gasteiger partial charge in [0.05, 0.1) is 20.3 Å². The zero-order valence-electron chi connectivity index (χ0n) is 24.9. The number of unbranched alkanes of at least 4 members (excludes halogenated alkanes) is 12. The van der Waals surface area contributed by atoms with Crippen LogP contribution in [0.5, 0.6) is 0 Å². The molecule has 10 atom stereocenters. The molecule has 13 nitrogen and oxygen atoms in total. The van der Waals surface area contributed by atoms with Crippen LogP contribution < -0.4 is 0 Å². The number of hydrogen-bond acceptors (Lipinski definition) is 13. The van der Waals surface area contributed by atoms with Crippen LogP contribution in [0.15, 0.2) is 0 Å². The van der Waals surface area contributed by atoms with Crippen molar-refractivity contribution in [2.24, 2.45) is 0 Å². The van der Waals surface area contributed by atoms with Crippen molar-refractivity contribution >= 4 is 5.97 Å². The van der Waals surface area contributed by atoms with Gasteiger partial charge in [0, 0.05) is 13.0 Å². The van der Waals surface area contributed by atoms with Crippen molar-refractivity contribution in [3.63, 3.8) is 0 Å². The number of esters is 1. The van der Waals surface area contributed by atoms with Crippen molar-refractivity contribution < 1.29 is 64.2 Å². The number of rotatable bonds is 21. The van der Waals surface area contributed by atoms with Crippen molar-refractivity contribution in [3.8, 4) is 0 Å². The van der Waals surface area contributed by atoms with Crippen molar-refractivity contribution in [1.82, 2.24) is 0 Å². The van der Waals surface area contributed by atoms with Crippen LogP contribution in [0.1, 0.15) is 89.9 Å². The molecule has 2 aliphatic rings. The molecule has 42 heavy (non-hydrogen) atoms. The monoisotopic (exact) mass is 610 g/mol. The van der Waals surface area contributed by atoms with E-state index in [2.05, 4.69) is 4.74 Å². The average Bonchev–Trinajstić information content (AvgIpc) is 2.99. The summed E-state index contributed by atoms with van der Waals surface area (Å²) in [4.78, 5) is 11.1. The lowest BCUT2D eigenvalue weighted by Crippen LogP contribution is -2.64. The predicted octanol–water partition coefficient (Wildman–Crippen LogP) is 0.262. The van der Waals surface area contributed by atoms with E-state index in [0.29, 0.717) is 12.8 Å². The van der Waals surface area contributed by atoms with Crippen LogP contribution in [-0.4, -0.2) is 130 Å². The highest BCUT2D eigenvalue weighted by Gasteiger charge is 2.50. The molecule has 0 spiro atoms. The van der Waals surface area contributed by atoms with Gasteiger partial charge < -0.3 is 59.4 Å². The van der Waals surface area contributed by atoms with E-state index in [9.17, 15) is 40.5 Å². The Bertz CT molecular complexity index is 711. The van der Waals surface area contributed by atoms with Crippen LogP contribution in [0.3, 0.4) is 0 Å². The summed E-state index contributed by atoms with van der Waals surface area (Å²) in [5.74, 6) is -0.133. The molecule has 0 aromatic carbocycles. The third-order valence-corrected chi connectivity index (χ3v) is 8.00. The average molecular weight is 611 g/mol. The standard InChI is InChI=1S/C29H54O13/c1-38-21(32)15-13-11-9-7-5-3-2-4-6-8-10-12-14-16-39-29-27(25(36)23(34)20(18-31)41-29)42-28-26(37)24(35)22(33)19(17-30)40-28/h19-20,22-31,33-37H,2-18H2,1H3/t19-,20-,22-,23-,24+,25+,26-,27-,28+,29-/m1/s1. The van der Waals surface area contributed by atoms with Crippen LogP contribution in [-0.2, 0) is 28.5 Å². The van der Waals surface area contributed by atoms with E-state index in [4.69, 9.17) is 18.9 Å². The molecule has 2 saturated heterocycles. The molecule has 0 aromatic heterocycles.